The maximum Gasteiger partial charge on any atom is 0.226 e. The van der Waals surface area contributed by atoms with E-state index < -0.39 is 0 Å². The predicted molar refractivity (Wildman–Crippen MR) is 64.7 cm³/mol. The Morgan fingerprint density at radius 2 is 2.12 bits per heavy atom. The summed E-state index contributed by atoms with van der Waals surface area (Å²) in [5, 5.41) is 0. The molecular formula is C14H17NO2. The standard InChI is InChI=1S/C14H17NO2/c1-10-8-15(14(16)11-6-7-11)9-12-4-2-3-5-13(12)17-10/h2-5,10-11H,6-9H2,1H3. The third kappa shape index (κ3) is 2.14. The fourth-order valence-corrected chi connectivity index (χ4v) is 2.34. The molecule has 1 atom stereocenters. The molecule has 3 rings (SSSR count). The van der Waals surface area contributed by atoms with Crippen molar-refractivity contribution in [3.05, 3.63) is 29.8 Å². The molecule has 90 valence electrons. The topological polar surface area (TPSA) is 29.5 Å². The minimum atomic E-state index is 0.0707. The molecule has 1 heterocycles. The minimum Gasteiger partial charge on any atom is -0.489 e. The highest BCUT2D eigenvalue weighted by atomic mass is 16.5. The van der Waals surface area contributed by atoms with E-state index in [1.807, 2.05) is 36.1 Å². The number of hydrogen-bond donors (Lipinski definition) is 0. The molecule has 0 spiro atoms. The first-order chi connectivity index (χ1) is 8.24. The van der Waals surface area contributed by atoms with Gasteiger partial charge in [-0.3, -0.25) is 4.79 Å². The molecule has 1 aliphatic heterocycles. The fourth-order valence-electron chi connectivity index (χ4n) is 2.34. The van der Waals surface area contributed by atoms with Crippen molar-refractivity contribution in [2.75, 3.05) is 6.54 Å². The van der Waals surface area contributed by atoms with Crippen LogP contribution in [-0.4, -0.2) is 23.5 Å². The quantitative estimate of drug-likeness (QED) is 0.741. The normalized spacial score (nSPS) is 23.6. The van der Waals surface area contributed by atoms with Gasteiger partial charge in [0.25, 0.3) is 0 Å². The molecule has 1 fully saturated rings. The number of amides is 1. The summed E-state index contributed by atoms with van der Waals surface area (Å²) >= 11 is 0. The molecule has 1 aliphatic carbocycles. The monoisotopic (exact) mass is 231 g/mol. The van der Waals surface area contributed by atoms with Gasteiger partial charge in [0, 0.05) is 18.0 Å². The molecule has 1 unspecified atom stereocenters. The van der Waals surface area contributed by atoms with Crippen LogP contribution in [0.5, 0.6) is 5.75 Å². The predicted octanol–water partition coefficient (Wildman–Crippen LogP) is 2.21. The van der Waals surface area contributed by atoms with Gasteiger partial charge in [0.1, 0.15) is 11.9 Å². The van der Waals surface area contributed by atoms with Crippen LogP contribution in [0.2, 0.25) is 0 Å². The largest absolute Gasteiger partial charge is 0.489 e. The molecule has 0 bridgehead atoms. The second kappa shape index (κ2) is 4.06. The lowest BCUT2D eigenvalue weighted by atomic mass is 10.2. The molecule has 1 aromatic rings. The lowest BCUT2D eigenvalue weighted by Gasteiger charge is -2.22. The Hall–Kier alpha value is -1.51. The average Bonchev–Trinajstić information content (AvgIpc) is 3.13. The molecule has 2 aliphatic rings. The van der Waals surface area contributed by atoms with Crippen molar-refractivity contribution in [1.29, 1.82) is 0 Å². The van der Waals surface area contributed by atoms with Crippen molar-refractivity contribution < 1.29 is 9.53 Å². The highest BCUT2D eigenvalue weighted by Crippen LogP contribution is 2.33. The van der Waals surface area contributed by atoms with E-state index in [1.54, 1.807) is 0 Å². The van der Waals surface area contributed by atoms with Gasteiger partial charge < -0.3 is 9.64 Å². The smallest absolute Gasteiger partial charge is 0.226 e. The first-order valence-corrected chi connectivity index (χ1v) is 6.27. The zero-order chi connectivity index (χ0) is 11.8. The third-order valence-electron chi connectivity index (χ3n) is 3.38. The van der Waals surface area contributed by atoms with E-state index in [-0.39, 0.29) is 12.0 Å². The average molecular weight is 231 g/mol. The summed E-state index contributed by atoms with van der Waals surface area (Å²) < 4.78 is 5.84. The van der Waals surface area contributed by atoms with Gasteiger partial charge in [0.2, 0.25) is 5.91 Å². The van der Waals surface area contributed by atoms with Crippen molar-refractivity contribution >= 4 is 5.91 Å². The number of fused-ring (bicyclic) bond motifs is 1. The van der Waals surface area contributed by atoms with Gasteiger partial charge in [-0.05, 0) is 25.8 Å². The van der Waals surface area contributed by atoms with Gasteiger partial charge in [-0.2, -0.15) is 0 Å². The van der Waals surface area contributed by atoms with E-state index in [0.29, 0.717) is 19.0 Å². The Morgan fingerprint density at radius 1 is 1.35 bits per heavy atom. The molecule has 0 N–H and O–H groups in total. The fraction of sp³-hybridized carbons (Fsp3) is 0.500. The molecular weight excluding hydrogens is 214 g/mol. The Balaban J connectivity index is 1.86. The highest BCUT2D eigenvalue weighted by Gasteiger charge is 2.35. The SMILES string of the molecule is CC1CN(C(=O)C2CC2)Cc2ccccc2O1. The summed E-state index contributed by atoms with van der Waals surface area (Å²) in [5.41, 5.74) is 1.12. The van der Waals surface area contributed by atoms with Crippen LogP contribution < -0.4 is 4.74 Å². The number of carbonyl (C=O) groups is 1. The van der Waals surface area contributed by atoms with Crippen LogP contribution in [0.1, 0.15) is 25.3 Å². The van der Waals surface area contributed by atoms with Crippen molar-refractivity contribution in [2.24, 2.45) is 5.92 Å². The van der Waals surface area contributed by atoms with Crippen LogP contribution in [0.3, 0.4) is 0 Å². The van der Waals surface area contributed by atoms with Crippen molar-refractivity contribution in [3.8, 4) is 5.75 Å². The summed E-state index contributed by atoms with van der Waals surface area (Å²) in [6, 6.07) is 8.00. The first kappa shape index (κ1) is 10.6. The molecule has 1 amide bonds. The maximum atomic E-state index is 12.1. The molecule has 3 heteroatoms. The van der Waals surface area contributed by atoms with Crippen molar-refractivity contribution in [1.82, 2.24) is 4.90 Å². The number of rotatable bonds is 1. The lowest BCUT2D eigenvalue weighted by molar-refractivity contribution is -0.133. The van der Waals surface area contributed by atoms with E-state index in [1.165, 1.54) is 0 Å². The van der Waals surface area contributed by atoms with Crippen LogP contribution in [0.4, 0.5) is 0 Å². The second-order valence-corrected chi connectivity index (χ2v) is 5.03. The van der Waals surface area contributed by atoms with Crippen molar-refractivity contribution in [2.45, 2.75) is 32.4 Å². The molecule has 0 aromatic heterocycles. The van der Waals surface area contributed by atoms with Gasteiger partial charge in [0.15, 0.2) is 0 Å². The zero-order valence-electron chi connectivity index (χ0n) is 10.1. The Kier molecular flexibility index (Phi) is 2.54. The van der Waals surface area contributed by atoms with Crippen LogP contribution in [-0.2, 0) is 11.3 Å². The maximum absolute atomic E-state index is 12.1. The van der Waals surface area contributed by atoms with E-state index >= 15 is 0 Å². The van der Waals surface area contributed by atoms with Gasteiger partial charge in [-0.25, -0.2) is 0 Å². The molecule has 0 radical (unpaired) electrons. The molecule has 1 aromatic carbocycles. The molecule has 1 saturated carbocycles. The number of carbonyl (C=O) groups excluding carboxylic acids is 1. The third-order valence-corrected chi connectivity index (χ3v) is 3.38. The van der Waals surface area contributed by atoms with Gasteiger partial charge in [-0.15, -0.1) is 0 Å². The van der Waals surface area contributed by atoms with E-state index in [0.717, 1.165) is 24.2 Å². The molecule has 17 heavy (non-hydrogen) atoms. The number of nitrogens with zero attached hydrogens (tertiary/aromatic N) is 1. The highest BCUT2D eigenvalue weighted by molar-refractivity contribution is 5.81. The summed E-state index contributed by atoms with van der Waals surface area (Å²) in [4.78, 5) is 14.1. The second-order valence-electron chi connectivity index (χ2n) is 5.03. The summed E-state index contributed by atoms with van der Waals surface area (Å²) in [6.45, 7) is 3.41. The first-order valence-electron chi connectivity index (χ1n) is 6.27. The molecule has 3 nitrogen and oxygen atoms in total. The van der Waals surface area contributed by atoms with Gasteiger partial charge in [-0.1, -0.05) is 18.2 Å². The van der Waals surface area contributed by atoms with E-state index in [9.17, 15) is 4.79 Å². The Morgan fingerprint density at radius 3 is 2.88 bits per heavy atom. The zero-order valence-corrected chi connectivity index (χ0v) is 10.1. The summed E-state index contributed by atoms with van der Waals surface area (Å²) in [7, 11) is 0. The van der Waals surface area contributed by atoms with E-state index in [4.69, 9.17) is 4.74 Å². The Labute approximate surface area is 101 Å². The van der Waals surface area contributed by atoms with E-state index in [2.05, 4.69) is 0 Å². The van der Waals surface area contributed by atoms with Gasteiger partial charge >= 0.3 is 0 Å². The van der Waals surface area contributed by atoms with Crippen LogP contribution in [0.15, 0.2) is 24.3 Å². The molecule has 0 saturated heterocycles. The van der Waals surface area contributed by atoms with Gasteiger partial charge in [0.05, 0.1) is 6.54 Å². The minimum absolute atomic E-state index is 0.0707. The van der Waals surface area contributed by atoms with Crippen LogP contribution >= 0.6 is 0 Å². The van der Waals surface area contributed by atoms with Crippen LogP contribution in [0.25, 0.3) is 0 Å². The van der Waals surface area contributed by atoms with Crippen molar-refractivity contribution in [3.63, 3.8) is 0 Å². The summed E-state index contributed by atoms with van der Waals surface area (Å²) in [5.74, 6) is 1.51. The van der Waals surface area contributed by atoms with Crippen LogP contribution in [0, 0.1) is 5.92 Å². The summed E-state index contributed by atoms with van der Waals surface area (Å²) in [6.07, 6.45) is 2.19. The Bertz CT molecular complexity index is 440. The number of benzene rings is 1. The number of ether oxygens (including phenoxy) is 1. The lowest BCUT2D eigenvalue weighted by Crippen LogP contribution is -2.36. The number of hydrogen-bond acceptors (Lipinski definition) is 2. The number of para-hydroxylation sites is 1.